The van der Waals surface area contributed by atoms with Gasteiger partial charge >= 0.3 is 11.9 Å². The van der Waals surface area contributed by atoms with Crippen molar-refractivity contribution in [1.29, 1.82) is 0 Å². The van der Waals surface area contributed by atoms with Crippen LogP contribution in [-0.4, -0.2) is 30.1 Å². The summed E-state index contributed by atoms with van der Waals surface area (Å²) in [6.07, 6.45) is 23.7. The van der Waals surface area contributed by atoms with E-state index in [2.05, 4.69) is 18.8 Å². The number of aromatic nitrogens is 1. The maximum atomic E-state index is 12.3. The number of ether oxygens (including phenoxy) is 2. The summed E-state index contributed by atoms with van der Waals surface area (Å²) in [6, 6.07) is 4.79. The highest BCUT2D eigenvalue weighted by atomic mass is 16.5. The van der Waals surface area contributed by atoms with E-state index in [-0.39, 0.29) is 11.4 Å². The molecule has 1 aromatic rings. The van der Waals surface area contributed by atoms with Crippen molar-refractivity contribution in [2.75, 3.05) is 13.2 Å². The highest BCUT2D eigenvalue weighted by Crippen LogP contribution is 2.13. The Morgan fingerprint density at radius 3 is 1.23 bits per heavy atom. The van der Waals surface area contributed by atoms with Gasteiger partial charge in [0.15, 0.2) is 0 Å². The predicted molar refractivity (Wildman–Crippen MR) is 144 cm³/mol. The van der Waals surface area contributed by atoms with E-state index < -0.39 is 11.9 Å². The van der Waals surface area contributed by atoms with Gasteiger partial charge in [0.05, 0.1) is 13.2 Å². The molecule has 5 heteroatoms. The summed E-state index contributed by atoms with van der Waals surface area (Å²) >= 11 is 0. The van der Waals surface area contributed by atoms with E-state index in [1.165, 1.54) is 83.5 Å². The topological polar surface area (TPSA) is 65.5 Å². The molecule has 200 valence electrons. The van der Waals surface area contributed by atoms with E-state index in [0.29, 0.717) is 13.2 Å². The lowest BCUT2D eigenvalue weighted by atomic mass is 10.0. The number of pyridine rings is 1. The van der Waals surface area contributed by atoms with Crippen LogP contribution >= 0.6 is 0 Å². The number of carbonyl (C=O) groups is 2. The van der Waals surface area contributed by atoms with Crippen molar-refractivity contribution < 1.29 is 19.1 Å². The van der Waals surface area contributed by atoms with Crippen LogP contribution in [0.15, 0.2) is 18.2 Å². The Balaban J connectivity index is 2.02. The molecule has 0 saturated carbocycles. The first-order valence-electron chi connectivity index (χ1n) is 14.5. The highest BCUT2D eigenvalue weighted by molar-refractivity contribution is 5.91. The Kier molecular flexibility index (Phi) is 20.0. The summed E-state index contributed by atoms with van der Waals surface area (Å²) in [4.78, 5) is 28.5. The van der Waals surface area contributed by atoms with Gasteiger partial charge in [-0.05, 0) is 25.0 Å². The molecule has 0 fully saturated rings. The first-order chi connectivity index (χ1) is 17.2. The molecule has 0 radical (unpaired) electrons. The van der Waals surface area contributed by atoms with Gasteiger partial charge < -0.3 is 9.47 Å². The summed E-state index contributed by atoms with van der Waals surface area (Å²) in [6.45, 7) is 5.19. The molecule has 0 bridgehead atoms. The standard InChI is InChI=1S/C30H51NO4/c1-3-5-7-9-10-11-12-13-14-15-16-17-18-19-21-26-35-30(33)28-24-22-23-27(31-28)29(32)34-25-20-8-6-4-2/h22-24H,3-21,25-26H2,1-2H3. The monoisotopic (exact) mass is 489 g/mol. The molecule has 1 rings (SSSR count). The Hall–Kier alpha value is -1.91. The number of hydrogen-bond donors (Lipinski definition) is 0. The zero-order valence-corrected chi connectivity index (χ0v) is 22.7. The van der Waals surface area contributed by atoms with Crippen LogP contribution in [0.5, 0.6) is 0 Å². The van der Waals surface area contributed by atoms with Crippen LogP contribution in [0.25, 0.3) is 0 Å². The minimum atomic E-state index is -0.487. The Labute approximate surface area is 214 Å². The van der Waals surface area contributed by atoms with Gasteiger partial charge in [-0.15, -0.1) is 0 Å². The molecule has 1 heterocycles. The van der Waals surface area contributed by atoms with E-state index in [0.717, 1.165) is 38.5 Å². The van der Waals surface area contributed by atoms with Gasteiger partial charge in [0.2, 0.25) is 0 Å². The van der Waals surface area contributed by atoms with Crippen LogP contribution in [0, 0.1) is 0 Å². The van der Waals surface area contributed by atoms with Crippen LogP contribution in [0.1, 0.15) is 157 Å². The van der Waals surface area contributed by atoms with Gasteiger partial charge in [-0.1, -0.05) is 129 Å². The molecular weight excluding hydrogens is 438 g/mol. The van der Waals surface area contributed by atoms with Crippen molar-refractivity contribution in [3.8, 4) is 0 Å². The first kappa shape index (κ1) is 31.1. The molecule has 35 heavy (non-hydrogen) atoms. The lowest BCUT2D eigenvalue weighted by Crippen LogP contribution is -2.13. The van der Waals surface area contributed by atoms with Crippen molar-refractivity contribution in [2.45, 2.75) is 136 Å². The predicted octanol–water partition coefficient (Wildman–Crippen LogP) is 8.85. The molecule has 0 aromatic carbocycles. The SMILES string of the molecule is CCCCCCCCCCCCCCCCCOC(=O)c1cccc(C(=O)OCCCCCC)n1. The fourth-order valence-electron chi connectivity index (χ4n) is 4.14. The van der Waals surface area contributed by atoms with E-state index in [1.807, 2.05) is 0 Å². The van der Waals surface area contributed by atoms with Gasteiger partial charge in [-0.3, -0.25) is 0 Å². The van der Waals surface area contributed by atoms with Crippen LogP contribution in [-0.2, 0) is 9.47 Å². The second kappa shape index (κ2) is 22.5. The number of esters is 2. The number of rotatable bonds is 23. The van der Waals surface area contributed by atoms with Crippen LogP contribution < -0.4 is 0 Å². The fourth-order valence-corrected chi connectivity index (χ4v) is 4.14. The third-order valence-corrected chi connectivity index (χ3v) is 6.38. The zero-order chi connectivity index (χ0) is 25.4. The molecule has 1 aromatic heterocycles. The summed E-state index contributed by atoms with van der Waals surface area (Å²) < 4.78 is 10.6. The van der Waals surface area contributed by atoms with Crippen molar-refractivity contribution in [3.05, 3.63) is 29.6 Å². The minimum Gasteiger partial charge on any atom is -0.461 e. The number of carbonyl (C=O) groups excluding carboxylic acids is 2. The van der Waals surface area contributed by atoms with Gasteiger partial charge in [-0.2, -0.15) is 0 Å². The Bertz CT molecular complexity index is 662. The van der Waals surface area contributed by atoms with Crippen LogP contribution in [0.2, 0.25) is 0 Å². The van der Waals surface area contributed by atoms with E-state index in [4.69, 9.17) is 9.47 Å². The summed E-state index contributed by atoms with van der Waals surface area (Å²) in [5, 5.41) is 0. The second-order valence-electron chi connectivity index (χ2n) is 9.69. The molecule has 0 spiro atoms. The lowest BCUT2D eigenvalue weighted by Gasteiger charge is -2.07. The summed E-state index contributed by atoms with van der Waals surface area (Å²) in [5.74, 6) is -0.966. The molecule has 0 aliphatic rings. The molecule has 0 atom stereocenters. The maximum absolute atomic E-state index is 12.3. The quantitative estimate of drug-likeness (QED) is 0.113. The Morgan fingerprint density at radius 2 is 0.857 bits per heavy atom. The van der Waals surface area contributed by atoms with Crippen LogP contribution in [0.4, 0.5) is 0 Å². The van der Waals surface area contributed by atoms with Gasteiger partial charge in [0.1, 0.15) is 11.4 Å². The lowest BCUT2D eigenvalue weighted by molar-refractivity contribution is 0.0482. The normalized spacial score (nSPS) is 10.9. The molecule has 0 saturated heterocycles. The third-order valence-electron chi connectivity index (χ3n) is 6.38. The molecule has 0 unspecified atom stereocenters. The number of nitrogens with zero attached hydrogens (tertiary/aromatic N) is 1. The molecule has 0 amide bonds. The largest absolute Gasteiger partial charge is 0.461 e. The molecule has 0 aliphatic heterocycles. The van der Waals surface area contributed by atoms with E-state index in [1.54, 1.807) is 18.2 Å². The van der Waals surface area contributed by atoms with Gasteiger partial charge in [0.25, 0.3) is 0 Å². The fraction of sp³-hybridized carbons (Fsp3) is 0.767. The molecule has 0 N–H and O–H groups in total. The maximum Gasteiger partial charge on any atom is 0.356 e. The van der Waals surface area contributed by atoms with Crippen molar-refractivity contribution in [1.82, 2.24) is 4.98 Å². The highest BCUT2D eigenvalue weighted by Gasteiger charge is 2.14. The average Bonchev–Trinajstić information content (AvgIpc) is 2.88. The Morgan fingerprint density at radius 1 is 0.543 bits per heavy atom. The van der Waals surface area contributed by atoms with E-state index >= 15 is 0 Å². The molecule has 0 aliphatic carbocycles. The third kappa shape index (κ3) is 17.2. The minimum absolute atomic E-state index is 0.155. The van der Waals surface area contributed by atoms with Crippen LogP contribution in [0.3, 0.4) is 0 Å². The smallest absolute Gasteiger partial charge is 0.356 e. The average molecular weight is 490 g/mol. The van der Waals surface area contributed by atoms with Gasteiger partial charge in [0, 0.05) is 0 Å². The van der Waals surface area contributed by atoms with Crippen molar-refractivity contribution >= 4 is 11.9 Å². The van der Waals surface area contributed by atoms with Crippen molar-refractivity contribution in [2.24, 2.45) is 0 Å². The van der Waals surface area contributed by atoms with Gasteiger partial charge in [-0.25, -0.2) is 14.6 Å². The number of hydrogen-bond acceptors (Lipinski definition) is 5. The van der Waals surface area contributed by atoms with Crippen molar-refractivity contribution in [3.63, 3.8) is 0 Å². The second-order valence-corrected chi connectivity index (χ2v) is 9.69. The zero-order valence-electron chi connectivity index (χ0n) is 22.7. The summed E-state index contributed by atoms with van der Waals surface area (Å²) in [5.41, 5.74) is 0.313. The number of unbranched alkanes of at least 4 members (excludes halogenated alkanes) is 17. The molecular formula is C30H51NO4. The first-order valence-corrected chi connectivity index (χ1v) is 14.5. The summed E-state index contributed by atoms with van der Waals surface area (Å²) in [7, 11) is 0. The molecule has 5 nitrogen and oxygen atoms in total. The van der Waals surface area contributed by atoms with E-state index in [9.17, 15) is 9.59 Å².